The SMILES string of the molecule is CCCCCCCCCCCCCCP(Cl)(CC(C)C)(CC(C)C)CC(C)C. The van der Waals surface area contributed by atoms with Gasteiger partial charge >= 0.3 is 172 Å². The first-order valence-electron chi connectivity index (χ1n) is 12.8. The van der Waals surface area contributed by atoms with Crippen molar-refractivity contribution in [1.82, 2.24) is 0 Å². The Morgan fingerprint density at radius 1 is 0.500 bits per heavy atom. The molecule has 0 fully saturated rings. The molecule has 0 aliphatic carbocycles. The van der Waals surface area contributed by atoms with Crippen molar-refractivity contribution in [2.24, 2.45) is 17.8 Å². The minimum absolute atomic E-state index is 0.727. The van der Waals surface area contributed by atoms with Gasteiger partial charge in [-0.1, -0.05) is 13.3 Å². The second-order valence-corrected chi connectivity index (χ2v) is 19.2. The molecule has 0 N–H and O–H groups in total. The van der Waals surface area contributed by atoms with Gasteiger partial charge in [0.15, 0.2) is 0 Å². The molecule has 0 aromatic heterocycles. The van der Waals surface area contributed by atoms with Gasteiger partial charge in [0, 0.05) is 0 Å². The maximum absolute atomic E-state index is 7.75. The van der Waals surface area contributed by atoms with Crippen LogP contribution in [0.15, 0.2) is 0 Å². The van der Waals surface area contributed by atoms with Crippen LogP contribution in [0.25, 0.3) is 0 Å². The first-order chi connectivity index (χ1) is 13.1. The number of halogens is 1. The summed E-state index contributed by atoms with van der Waals surface area (Å²) in [6, 6.07) is 0. The molecule has 2 heteroatoms. The Bertz CT molecular complexity index is 332. The van der Waals surface area contributed by atoms with Crippen LogP contribution in [0.4, 0.5) is 0 Å². The average Bonchev–Trinajstić information content (AvgIpc) is 2.53. The first-order valence-corrected chi connectivity index (χ1v) is 16.7. The quantitative estimate of drug-likeness (QED) is 0.140. The molecule has 0 rings (SSSR count). The summed E-state index contributed by atoms with van der Waals surface area (Å²) in [5.74, 6) is 0.0799. The molecule has 0 amide bonds. The Kier molecular flexibility index (Phi) is 15.9. The van der Waals surface area contributed by atoms with Crippen LogP contribution in [0.2, 0.25) is 0 Å². The van der Waals surface area contributed by atoms with Crippen LogP contribution in [-0.4, -0.2) is 24.6 Å². The van der Waals surface area contributed by atoms with Gasteiger partial charge in [0.2, 0.25) is 0 Å². The predicted octanol–water partition coefficient (Wildman–Crippen LogP) is 10.4. The van der Waals surface area contributed by atoms with Gasteiger partial charge in [-0.3, -0.25) is 0 Å². The molecule has 172 valence electrons. The number of unbranched alkanes of at least 4 members (excludes halogenated alkanes) is 11. The van der Waals surface area contributed by atoms with Gasteiger partial charge in [-0.25, -0.2) is 0 Å². The third kappa shape index (κ3) is 14.7. The summed E-state index contributed by atoms with van der Waals surface area (Å²) in [4.78, 5) is 0. The molecular formula is C26H56ClP. The van der Waals surface area contributed by atoms with E-state index in [1.165, 1.54) is 102 Å². The second-order valence-electron chi connectivity index (χ2n) is 11.2. The molecule has 0 bridgehead atoms. The van der Waals surface area contributed by atoms with E-state index in [9.17, 15) is 0 Å². The Hall–Kier alpha value is 0.720. The zero-order chi connectivity index (χ0) is 21.5. The van der Waals surface area contributed by atoms with Crippen molar-refractivity contribution in [2.75, 3.05) is 24.6 Å². The van der Waals surface area contributed by atoms with Crippen LogP contribution in [0, 0.1) is 17.8 Å². The van der Waals surface area contributed by atoms with Gasteiger partial charge in [-0.05, 0) is 0 Å². The molecule has 0 saturated heterocycles. The molecule has 0 aliphatic rings. The van der Waals surface area contributed by atoms with E-state index in [-0.39, 0.29) is 0 Å². The molecular weight excluding hydrogens is 379 g/mol. The topological polar surface area (TPSA) is 0 Å². The number of hydrogen-bond acceptors (Lipinski definition) is 0. The van der Waals surface area contributed by atoms with E-state index < -0.39 is 5.96 Å². The standard InChI is InChI=1S/C26H56ClP/c1-8-9-10-11-12-13-14-15-16-17-18-19-20-28(27,21-24(2)3,22-25(4)5)23-26(6)7/h24-26H,8-23H2,1-7H3. The van der Waals surface area contributed by atoms with E-state index in [0.717, 1.165) is 17.8 Å². The van der Waals surface area contributed by atoms with Crippen LogP contribution in [0.3, 0.4) is 0 Å². The summed E-state index contributed by atoms with van der Waals surface area (Å²) < 4.78 is 0. The van der Waals surface area contributed by atoms with Crippen LogP contribution in [0.5, 0.6) is 0 Å². The Morgan fingerprint density at radius 2 is 0.786 bits per heavy atom. The molecule has 0 atom stereocenters. The van der Waals surface area contributed by atoms with E-state index in [4.69, 9.17) is 11.2 Å². The fourth-order valence-electron chi connectivity index (χ4n) is 5.58. The third-order valence-corrected chi connectivity index (χ3v) is 14.1. The average molecular weight is 435 g/mol. The fraction of sp³-hybridized carbons (Fsp3) is 1.00. The van der Waals surface area contributed by atoms with E-state index in [1.54, 1.807) is 0 Å². The van der Waals surface area contributed by atoms with E-state index in [1.807, 2.05) is 0 Å². The van der Waals surface area contributed by atoms with Gasteiger partial charge in [0.25, 0.3) is 0 Å². The summed E-state index contributed by atoms with van der Waals surface area (Å²) in [5, 5.41) is 0. The maximum atomic E-state index is 7.75. The van der Waals surface area contributed by atoms with Gasteiger partial charge in [0.1, 0.15) is 0 Å². The van der Waals surface area contributed by atoms with Crippen molar-refractivity contribution >= 4 is 17.2 Å². The monoisotopic (exact) mass is 434 g/mol. The van der Waals surface area contributed by atoms with Crippen molar-refractivity contribution in [2.45, 2.75) is 126 Å². The van der Waals surface area contributed by atoms with Gasteiger partial charge < -0.3 is 0 Å². The van der Waals surface area contributed by atoms with Crippen molar-refractivity contribution in [1.29, 1.82) is 0 Å². The van der Waals surface area contributed by atoms with Crippen LogP contribution < -0.4 is 0 Å². The van der Waals surface area contributed by atoms with Crippen LogP contribution in [-0.2, 0) is 0 Å². The molecule has 0 spiro atoms. The molecule has 0 aromatic rings. The summed E-state index contributed by atoms with van der Waals surface area (Å²) in [5.41, 5.74) is 0. The van der Waals surface area contributed by atoms with Crippen molar-refractivity contribution in [3.8, 4) is 0 Å². The molecule has 0 unspecified atom stereocenters. The molecule has 28 heavy (non-hydrogen) atoms. The molecule has 0 nitrogen and oxygen atoms in total. The van der Waals surface area contributed by atoms with Crippen molar-refractivity contribution in [3.63, 3.8) is 0 Å². The first kappa shape index (κ1) is 28.7. The molecule has 0 heterocycles. The van der Waals surface area contributed by atoms with Crippen LogP contribution in [0.1, 0.15) is 126 Å². The summed E-state index contributed by atoms with van der Waals surface area (Å²) in [7, 11) is 0. The summed E-state index contributed by atoms with van der Waals surface area (Å²) in [6.07, 6.45) is 22.3. The zero-order valence-corrected chi connectivity index (χ0v) is 22.5. The molecule has 0 saturated carbocycles. The Labute approximate surface area is 185 Å². The van der Waals surface area contributed by atoms with Crippen molar-refractivity contribution < 1.29 is 0 Å². The normalized spacial score (nSPS) is 14.2. The van der Waals surface area contributed by atoms with Crippen LogP contribution >= 0.6 is 17.2 Å². The summed E-state index contributed by atoms with van der Waals surface area (Å²) >= 11 is 7.75. The predicted molar refractivity (Wildman–Crippen MR) is 138 cm³/mol. The van der Waals surface area contributed by atoms with Gasteiger partial charge in [0.05, 0.1) is 0 Å². The van der Waals surface area contributed by atoms with Gasteiger partial charge in [-0.15, -0.1) is 0 Å². The molecule has 0 aliphatic heterocycles. The Morgan fingerprint density at radius 3 is 1.07 bits per heavy atom. The summed E-state index contributed by atoms with van der Waals surface area (Å²) in [6.45, 7) is 16.6. The zero-order valence-electron chi connectivity index (χ0n) is 20.9. The van der Waals surface area contributed by atoms with Gasteiger partial charge in [-0.2, -0.15) is 0 Å². The molecule has 0 radical (unpaired) electrons. The fourth-order valence-corrected chi connectivity index (χ4v) is 15.9. The number of rotatable bonds is 19. The minimum atomic E-state index is -2.10. The molecule has 0 aromatic carbocycles. The van der Waals surface area contributed by atoms with E-state index in [0.29, 0.717) is 0 Å². The number of hydrogen-bond donors (Lipinski definition) is 0. The van der Waals surface area contributed by atoms with E-state index >= 15 is 0 Å². The van der Waals surface area contributed by atoms with Crippen molar-refractivity contribution in [3.05, 3.63) is 0 Å². The van der Waals surface area contributed by atoms with E-state index in [2.05, 4.69) is 48.5 Å². The Balaban J connectivity index is 4.24. The second kappa shape index (κ2) is 15.5. The third-order valence-electron chi connectivity index (χ3n) is 6.03.